The lowest BCUT2D eigenvalue weighted by Gasteiger charge is -2.34. The van der Waals surface area contributed by atoms with E-state index in [1.807, 2.05) is 37.3 Å². The Kier molecular flexibility index (Phi) is 8.61. The van der Waals surface area contributed by atoms with Crippen LogP contribution < -0.4 is 19.5 Å². The van der Waals surface area contributed by atoms with E-state index >= 15 is 0 Å². The number of methoxy groups -OCH3 is 3. The third-order valence-corrected chi connectivity index (χ3v) is 6.02. The zero-order valence-corrected chi connectivity index (χ0v) is 23.6. The Bertz CT molecular complexity index is 1210. The first-order valence-electron chi connectivity index (χ1n) is 12.4. The van der Waals surface area contributed by atoms with Crippen LogP contribution in [0.3, 0.4) is 0 Å². The van der Waals surface area contributed by atoms with Crippen LogP contribution in [0.4, 0.5) is 10.5 Å². The second-order valence-corrected chi connectivity index (χ2v) is 10.5. The number of nitrogens with zero attached hydrogens (tertiary/aromatic N) is 1. The van der Waals surface area contributed by atoms with E-state index in [4.69, 9.17) is 23.7 Å². The molecule has 2 aromatic rings. The van der Waals surface area contributed by atoms with Gasteiger partial charge >= 0.3 is 6.09 Å². The maximum absolute atomic E-state index is 13.4. The van der Waals surface area contributed by atoms with Crippen LogP contribution in [-0.2, 0) is 14.3 Å². The molecule has 9 nitrogen and oxygen atoms in total. The summed E-state index contributed by atoms with van der Waals surface area (Å²) in [6.07, 6.45) is 3.25. The summed E-state index contributed by atoms with van der Waals surface area (Å²) in [6, 6.07) is 8.47. The summed E-state index contributed by atoms with van der Waals surface area (Å²) in [5.41, 5.74) is 1.46. The Morgan fingerprint density at radius 1 is 1.00 bits per heavy atom. The fraction of sp³-hybridized carbons (Fsp3) is 0.448. The number of carbonyl (C=O) groups excluding carboxylic acids is 2. The second-order valence-electron chi connectivity index (χ2n) is 10.5. The molecule has 0 aliphatic carbocycles. The van der Waals surface area contributed by atoms with Crippen molar-refractivity contribution < 1.29 is 33.3 Å². The number of nitrogens with one attached hydrogen (secondary N) is 1. The van der Waals surface area contributed by atoms with Gasteiger partial charge in [-0.05, 0) is 82.5 Å². The summed E-state index contributed by atoms with van der Waals surface area (Å²) in [7, 11) is 4.74. The number of carbonyl (C=O) groups is 2. The highest BCUT2D eigenvalue weighted by atomic mass is 16.6. The molecule has 1 unspecified atom stereocenters. The fourth-order valence-corrected chi connectivity index (χ4v) is 4.27. The van der Waals surface area contributed by atoms with Gasteiger partial charge in [-0.1, -0.05) is 18.2 Å². The normalized spacial score (nSPS) is 16.9. The van der Waals surface area contributed by atoms with Crippen LogP contribution in [0.1, 0.15) is 51.3 Å². The lowest BCUT2D eigenvalue weighted by Crippen LogP contribution is -2.53. The van der Waals surface area contributed by atoms with Gasteiger partial charge in [0.2, 0.25) is 5.91 Å². The minimum Gasteiger partial charge on any atom is -0.495 e. The molecule has 0 bridgehead atoms. The summed E-state index contributed by atoms with van der Waals surface area (Å²) in [5.74, 6) is 1.42. The Labute approximate surface area is 224 Å². The first-order valence-corrected chi connectivity index (χ1v) is 12.4. The van der Waals surface area contributed by atoms with Crippen molar-refractivity contribution in [2.24, 2.45) is 0 Å². The summed E-state index contributed by atoms with van der Waals surface area (Å²) in [5, 5.41) is 2.91. The van der Waals surface area contributed by atoms with Crippen molar-refractivity contribution in [2.45, 2.75) is 58.9 Å². The number of benzene rings is 2. The van der Waals surface area contributed by atoms with E-state index in [1.54, 1.807) is 61.0 Å². The number of amides is 2. The molecule has 1 aliphatic rings. The molecule has 1 atom stereocenters. The minimum atomic E-state index is -1.00. The van der Waals surface area contributed by atoms with Gasteiger partial charge in [0, 0.05) is 0 Å². The van der Waals surface area contributed by atoms with Gasteiger partial charge in [0.05, 0.1) is 33.6 Å². The molecule has 1 saturated heterocycles. The lowest BCUT2D eigenvalue weighted by atomic mass is 10.1. The third-order valence-electron chi connectivity index (χ3n) is 6.02. The molecule has 3 rings (SSSR count). The number of aryl methyl sites for hydroxylation is 1. The maximum atomic E-state index is 13.4. The average Bonchev–Trinajstić information content (AvgIpc) is 3.16. The summed E-state index contributed by atoms with van der Waals surface area (Å²) < 4.78 is 27.7. The van der Waals surface area contributed by atoms with Gasteiger partial charge in [-0.3, -0.25) is 9.69 Å². The average molecular weight is 527 g/mol. The molecule has 1 heterocycles. The van der Waals surface area contributed by atoms with Crippen LogP contribution >= 0.6 is 0 Å². The molecule has 0 aromatic heterocycles. The highest BCUT2D eigenvalue weighted by molar-refractivity contribution is 5.98. The SMILES string of the molecule is COc1ccc(/C=C/c2cc(C)c(OC)c(OC)c2)cc1NC(=O)C1COC(C)(C)N1C(=O)OC(C)(C)C. The van der Waals surface area contributed by atoms with Gasteiger partial charge in [0.1, 0.15) is 23.1 Å². The first kappa shape index (κ1) is 28.8. The van der Waals surface area contributed by atoms with Crippen molar-refractivity contribution in [1.29, 1.82) is 0 Å². The van der Waals surface area contributed by atoms with Gasteiger partial charge in [0.15, 0.2) is 11.5 Å². The zero-order valence-electron chi connectivity index (χ0n) is 23.6. The Balaban J connectivity index is 1.85. The van der Waals surface area contributed by atoms with E-state index in [0.717, 1.165) is 16.7 Å². The van der Waals surface area contributed by atoms with Crippen LogP contribution in [0, 0.1) is 6.92 Å². The van der Waals surface area contributed by atoms with Crippen molar-refractivity contribution in [2.75, 3.05) is 33.3 Å². The molecule has 2 aromatic carbocycles. The van der Waals surface area contributed by atoms with E-state index in [9.17, 15) is 9.59 Å². The van der Waals surface area contributed by atoms with Gasteiger partial charge in [-0.2, -0.15) is 0 Å². The molecule has 1 fully saturated rings. The minimum absolute atomic E-state index is 0.0403. The number of anilines is 1. The monoisotopic (exact) mass is 526 g/mol. The van der Waals surface area contributed by atoms with E-state index < -0.39 is 29.4 Å². The number of hydrogen-bond acceptors (Lipinski definition) is 7. The predicted octanol–water partition coefficient (Wildman–Crippen LogP) is 5.50. The summed E-state index contributed by atoms with van der Waals surface area (Å²) in [6.45, 7) is 10.8. The molecule has 0 saturated carbocycles. The molecule has 38 heavy (non-hydrogen) atoms. The van der Waals surface area contributed by atoms with Gasteiger partial charge in [-0.15, -0.1) is 0 Å². The maximum Gasteiger partial charge on any atom is 0.413 e. The molecule has 0 spiro atoms. The number of hydrogen-bond donors (Lipinski definition) is 1. The molecule has 206 valence electrons. The Morgan fingerprint density at radius 2 is 1.66 bits per heavy atom. The van der Waals surface area contributed by atoms with Crippen molar-refractivity contribution in [3.63, 3.8) is 0 Å². The first-order chi connectivity index (χ1) is 17.8. The topological polar surface area (TPSA) is 95.6 Å². The number of ether oxygens (including phenoxy) is 5. The quantitative estimate of drug-likeness (QED) is 0.476. The summed E-state index contributed by atoms with van der Waals surface area (Å²) in [4.78, 5) is 27.7. The van der Waals surface area contributed by atoms with Crippen molar-refractivity contribution in [1.82, 2.24) is 4.90 Å². The second kappa shape index (κ2) is 11.3. The van der Waals surface area contributed by atoms with Crippen molar-refractivity contribution in [3.8, 4) is 17.2 Å². The van der Waals surface area contributed by atoms with Crippen LogP contribution in [0.15, 0.2) is 30.3 Å². The molecule has 1 aliphatic heterocycles. The van der Waals surface area contributed by atoms with Crippen molar-refractivity contribution in [3.05, 3.63) is 47.0 Å². The van der Waals surface area contributed by atoms with Gasteiger partial charge in [-0.25, -0.2) is 4.79 Å². The smallest absolute Gasteiger partial charge is 0.413 e. The Morgan fingerprint density at radius 3 is 2.26 bits per heavy atom. The van der Waals surface area contributed by atoms with Crippen LogP contribution in [0.2, 0.25) is 0 Å². The zero-order chi connectivity index (χ0) is 28.3. The molecule has 0 radical (unpaired) electrons. The molecular formula is C29H38N2O7. The lowest BCUT2D eigenvalue weighted by molar-refractivity contribution is -0.121. The van der Waals surface area contributed by atoms with E-state index in [0.29, 0.717) is 22.9 Å². The number of rotatable bonds is 7. The van der Waals surface area contributed by atoms with E-state index in [2.05, 4.69) is 5.32 Å². The molecule has 9 heteroatoms. The predicted molar refractivity (Wildman–Crippen MR) is 147 cm³/mol. The van der Waals surface area contributed by atoms with Crippen molar-refractivity contribution >= 4 is 29.8 Å². The van der Waals surface area contributed by atoms with Crippen LogP contribution in [0.25, 0.3) is 12.2 Å². The van der Waals surface area contributed by atoms with Gasteiger partial charge < -0.3 is 29.0 Å². The summed E-state index contributed by atoms with van der Waals surface area (Å²) >= 11 is 0. The van der Waals surface area contributed by atoms with Crippen LogP contribution in [-0.4, -0.2) is 62.2 Å². The van der Waals surface area contributed by atoms with Gasteiger partial charge in [0.25, 0.3) is 0 Å². The van der Waals surface area contributed by atoms with E-state index in [1.165, 1.54) is 12.0 Å². The Hall–Kier alpha value is -3.72. The fourth-order valence-electron chi connectivity index (χ4n) is 4.27. The highest BCUT2D eigenvalue weighted by Crippen LogP contribution is 2.34. The largest absolute Gasteiger partial charge is 0.495 e. The third kappa shape index (κ3) is 6.58. The molecule has 2 amide bonds. The van der Waals surface area contributed by atoms with E-state index in [-0.39, 0.29) is 6.61 Å². The molecule has 1 N–H and O–H groups in total. The standard InChI is InChI=1S/C29H38N2O7/c1-18-14-20(16-24(35-8)25(18)36-9)11-10-19-12-13-23(34-7)21(15-19)30-26(32)22-17-37-29(5,6)31(22)27(33)38-28(2,3)4/h10-16,22H,17H2,1-9H3,(H,30,32)/b11-10+. The molecular weight excluding hydrogens is 488 g/mol. The van der Waals surface area contributed by atoms with Crippen LogP contribution in [0.5, 0.6) is 17.2 Å². The highest BCUT2D eigenvalue weighted by Gasteiger charge is 2.48.